The van der Waals surface area contributed by atoms with Crippen molar-refractivity contribution in [3.63, 3.8) is 0 Å². The third-order valence-corrected chi connectivity index (χ3v) is 4.13. The molecule has 138 valence electrons. The summed E-state index contributed by atoms with van der Waals surface area (Å²) in [5, 5.41) is 5.05. The Kier molecular flexibility index (Phi) is 6.44. The van der Waals surface area contributed by atoms with Gasteiger partial charge in [0, 0.05) is 32.2 Å². The lowest BCUT2D eigenvalue weighted by atomic mass is 9.91. The molecule has 0 radical (unpaired) electrons. The minimum atomic E-state index is -1.40. The van der Waals surface area contributed by atoms with E-state index in [-0.39, 0.29) is 5.69 Å². The van der Waals surface area contributed by atoms with Gasteiger partial charge in [-0.05, 0) is 26.0 Å². The van der Waals surface area contributed by atoms with Crippen LogP contribution >= 0.6 is 0 Å². The zero-order valence-corrected chi connectivity index (χ0v) is 14.4. The fraction of sp³-hybridized carbons (Fsp3) is 0.529. The molecule has 0 aliphatic carbocycles. The van der Waals surface area contributed by atoms with Gasteiger partial charge in [-0.1, -0.05) is 0 Å². The van der Waals surface area contributed by atoms with Crippen molar-refractivity contribution in [3.8, 4) is 0 Å². The fourth-order valence-electron chi connectivity index (χ4n) is 2.35. The summed E-state index contributed by atoms with van der Waals surface area (Å²) >= 11 is 0. The molecule has 1 aromatic carbocycles. The monoisotopic (exact) mass is 355 g/mol. The second kappa shape index (κ2) is 8.35. The number of ether oxygens (including phenoxy) is 1. The summed E-state index contributed by atoms with van der Waals surface area (Å²) in [4.78, 5) is 26.8. The Labute approximate surface area is 145 Å². The number of carbonyl (C=O) groups is 2. The molecular weight excluding hydrogens is 332 g/mol. The van der Waals surface area contributed by atoms with Gasteiger partial charge in [0.1, 0.15) is 17.0 Å². The summed E-state index contributed by atoms with van der Waals surface area (Å²) in [6, 6.07) is 2.83. The molecule has 25 heavy (non-hydrogen) atoms. The molecule has 0 atom stereocenters. The lowest BCUT2D eigenvalue weighted by molar-refractivity contribution is -0.138. The number of carbonyl (C=O) groups excluding carboxylic acids is 2. The van der Waals surface area contributed by atoms with Gasteiger partial charge in [-0.2, -0.15) is 0 Å². The molecule has 1 aliphatic heterocycles. The first-order valence-corrected chi connectivity index (χ1v) is 8.15. The topological polar surface area (TPSA) is 70.7 Å². The molecule has 0 saturated carbocycles. The number of rotatable bonds is 6. The highest BCUT2D eigenvalue weighted by Crippen LogP contribution is 2.21. The van der Waals surface area contributed by atoms with Gasteiger partial charge in [0.15, 0.2) is 0 Å². The predicted octanol–water partition coefficient (Wildman–Crippen LogP) is 1.38. The van der Waals surface area contributed by atoms with E-state index in [4.69, 9.17) is 4.74 Å². The Morgan fingerprint density at radius 3 is 2.52 bits per heavy atom. The number of hydrogen-bond donors (Lipinski definition) is 2. The molecular formula is C17H23F2N3O3. The quantitative estimate of drug-likeness (QED) is 0.757. The molecule has 0 spiro atoms. The van der Waals surface area contributed by atoms with Gasteiger partial charge in [-0.3, -0.25) is 14.5 Å². The number of halogens is 2. The molecule has 1 heterocycles. The van der Waals surface area contributed by atoms with Crippen LogP contribution in [0.1, 0.15) is 13.8 Å². The summed E-state index contributed by atoms with van der Waals surface area (Å²) in [6.07, 6.45) is 0. The van der Waals surface area contributed by atoms with Crippen molar-refractivity contribution in [2.75, 3.05) is 44.7 Å². The summed E-state index contributed by atoms with van der Waals surface area (Å²) in [5.41, 5.74) is -1.56. The summed E-state index contributed by atoms with van der Waals surface area (Å²) < 4.78 is 31.8. The SMILES string of the molecule is CC(C)(C(=O)NCCN1CCOCC1)C(=O)Nc1ccc(F)cc1F. The second-order valence-electron chi connectivity index (χ2n) is 6.41. The molecule has 0 bridgehead atoms. The number of amides is 2. The maximum absolute atomic E-state index is 13.6. The van der Waals surface area contributed by atoms with Gasteiger partial charge in [0.05, 0.1) is 18.9 Å². The number of hydrogen-bond acceptors (Lipinski definition) is 4. The summed E-state index contributed by atoms with van der Waals surface area (Å²) in [7, 11) is 0. The number of benzene rings is 1. The maximum Gasteiger partial charge on any atom is 0.239 e. The van der Waals surface area contributed by atoms with E-state index >= 15 is 0 Å². The highest BCUT2D eigenvalue weighted by molar-refractivity contribution is 6.09. The molecule has 0 unspecified atom stereocenters. The first-order valence-electron chi connectivity index (χ1n) is 8.15. The Morgan fingerprint density at radius 1 is 1.20 bits per heavy atom. The summed E-state index contributed by atoms with van der Waals surface area (Å²) in [5.74, 6) is -2.75. The minimum Gasteiger partial charge on any atom is -0.379 e. The fourth-order valence-corrected chi connectivity index (χ4v) is 2.35. The third kappa shape index (κ3) is 5.20. The van der Waals surface area contributed by atoms with E-state index in [0.29, 0.717) is 32.4 Å². The van der Waals surface area contributed by atoms with Crippen LogP contribution in [0.15, 0.2) is 18.2 Å². The molecule has 1 saturated heterocycles. The molecule has 2 N–H and O–H groups in total. The van der Waals surface area contributed by atoms with Crippen LogP contribution in [-0.2, 0) is 14.3 Å². The normalized spacial score (nSPS) is 15.7. The molecule has 2 amide bonds. The van der Waals surface area contributed by atoms with Crippen LogP contribution in [-0.4, -0.2) is 56.1 Å². The van der Waals surface area contributed by atoms with Gasteiger partial charge in [0.2, 0.25) is 11.8 Å². The molecule has 6 nitrogen and oxygen atoms in total. The zero-order chi connectivity index (χ0) is 18.4. The van der Waals surface area contributed by atoms with E-state index in [1.807, 2.05) is 0 Å². The Bertz CT molecular complexity index is 632. The zero-order valence-electron chi connectivity index (χ0n) is 14.4. The van der Waals surface area contributed by atoms with E-state index in [0.717, 1.165) is 25.2 Å². The van der Waals surface area contributed by atoms with Crippen molar-refractivity contribution in [1.82, 2.24) is 10.2 Å². The first-order chi connectivity index (χ1) is 11.8. The Morgan fingerprint density at radius 2 is 1.88 bits per heavy atom. The van der Waals surface area contributed by atoms with E-state index in [9.17, 15) is 18.4 Å². The van der Waals surface area contributed by atoms with Crippen LogP contribution in [0.4, 0.5) is 14.5 Å². The lowest BCUT2D eigenvalue weighted by Gasteiger charge is -2.27. The molecule has 1 aromatic rings. The predicted molar refractivity (Wildman–Crippen MR) is 89.0 cm³/mol. The van der Waals surface area contributed by atoms with Crippen molar-refractivity contribution >= 4 is 17.5 Å². The van der Waals surface area contributed by atoms with Gasteiger partial charge in [0.25, 0.3) is 0 Å². The smallest absolute Gasteiger partial charge is 0.239 e. The summed E-state index contributed by atoms with van der Waals surface area (Å²) in [6.45, 7) is 6.94. The van der Waals surface area contributed by atoms with Gasteiger partial charge >= 0.3 is 0 Å². The van der Waals surface area contributed by atoms with Crippen molar-refractivity contribution in [3.05, 3.63) is 29.8 Å². The van der Waals surface area contributed by atoms with Crippen LogP contribution in [0.3, 0.4) is 0 Å². The number of anilines is 1. The Balaban J connectivity index is 1.87. The molecule has 1 fully saturated rings. The van der Waals surface area contributed by atoms with Crippen LogP contribution in [0.5, 0.6) is 0 Å². The second-order valence-corrected chi connectivity index (χ2v) is 6.41. The van der Waals surface area contributed by atoms with Crippen molar-refractivity contribution in [2.45, 2.75) is 13.8 Å². The van der Waals surface area contributed by atoms with Gasteiger partial charge in [-0.15, -0.1) is 0 Å². The van der Waals surface area contributed by atoms with Crippen LogP contribution in [0, 0.1) is 17.0 Å². The maximum atomic E-state index is 13.6. The van der Waals surface area contributed by atoms with E-state index in [1.165, 1.54) is 13.8 Å². The molecule has 0 aromatic heterocycles. The third-order valence-electron chi connectivity index (χ3n) is 4.13. The lowest BCUT2D eigenvalue weighted by Crippen LogP contribution is -2.48. The largest absolute Gasteiger partial charge is 0.379 e. The number of nitrogens with zero attached hydrogens (tertiary/aromatic N) is 1. The van der Waals surface area contributed by atoms with Crippen molar-refractivity contribution < 1.29 is 23.1 Å². The number of nitrogens with one attached hydrogen (secondary N) is 2. The standard InChI is InChI=1S/C17H23F2N3O3/c1-17(2,15(23)20-5-6-22-7-9-25-10-8-22)16(24)21-14-4-3-12(18)11-13(14)19/h3-4,11H,5-10H2,1-2H3,(H,20,23)(H,21,24). The highest BCUT2D eigenvalue weighted by Gasteiger charge is 2.36. The van der Waals surface area contributed by atoms with E-state index < -0.39 is 28.9 Å². The molecule has 1 aliphatic rings. The molecule has 2 rings (SSSR count). The van der Waals surface area contributed by atoms with Crippen LogP contribution in [0.25, 0.3) is 0 Å². The van der Waals surface area contributed by atoms with Gasteiger partial charge < -0.3 is 15.4 Å². The van der Waals surface area contributed by atoms with E-state index in [1.54, 1.807) is 0 Å². The molecule has 8 heteroatoms. The van der Waals surface area contributed by atoms with Crippen LogP contribution in [0.2, 0.25) is 0 Å². The van der Waals surface area contributed by atoms with Crippen molar-refractivity contribution in [1.29, 1.82) is 0 Å². The highest BCUT2D eigenvalue weighted by atomic mass is 19.1. The van der Waals surface area contributed by atoms with E-state index in [2.05, 4.69) is 15.5 Å². The van der Waals surface area contributed by atoms with Crippen molar-refractivity contribution in [2.24, 2.45) is 5.41 Å². The van der Waals surface area contributed by atoms with Gasteiger partial charge in [-0.25, -0.2) is 8.78 Å². The average molecular weight is 355 g/mol. The van der Waals surface area contributed by atoms with Crippen LogP contribution < -0.4 is 10.6 Å². The minimum absolute atomic E-state index is 0.166. The number of morpholine rings is 1. The Hall–Kier alpha value is -2.06. The average Bonchev–Trinajstić information content (AvgIpc) is 2.58. The first kappa shape index (κ1) is 19.3.